The second kappa shape index (κ2) is 7.73. The molecule has 1 aromatic heterocycles. The molecule has 0 radical (unpaired) electrons. The van der Waals surface area contributed by atoms with Crippen LogP contribution < -0.4 is 10.6 Å². The van der Waals surface area contributed by atoms with Crippen LogP contribution in [0.25, 0.3) is 0 Å². The molecular weight excluding hydrogens is 372 g/mol. The highest BCUT2D eigenvalue weighted by atomic mass is 16.7. The Morgan fingerprint density at radius 2 is 1.79 bits per heavy atom. The Hall–Kier alpha value is -3.10. The fraction of sp³-hybridized carbons (Fsp3) is 0.333. The Morgan fingerprint density at radius 3 is 2.41 bits per heavy atom. The molecule has 2 saturated heterocycles. The summed E-state index contributed by atoms with van der Waals surface area (Å²) in [5.41, 5.74) is 7.72. The zero-order chi connectivity index (χ0) is 20.5. The van der Waals surface area contributed by atoms with Crippen molar-refractivity contribution in [3.8, 4) is 0 Å². The highest BCUT2D eigenvalue weighted by Crippen LogP contribution is 2.45. The molecule has 2 N–H and O–H groups in total. The van der Waals surface area contributed by atoms with Crippen LogP contribution in [-0.2, 0) is 25.6 Å². The van der Waals surface area contributed by atoms with Crippen LogP contribution in [0.4, 0.5) is 5.69 Å². The first-order valence-corrected chi connectivity index (χ1v) is 9.59. The molecule has 2 aromatic rings. The fourth-order valence-electron chi connectivity index (χ4n) is 3.95. The number of fused-ring (bicyclic) bond motifs is 1. The van der Waals surface area contributed by atoms with E-state index in [0.717, 1.165) is 17.5 Å². The summed E-state index contributed by atoms with van der Waals surface area (Å²) in [7, 11) is 0. The second-order valence-electron chi connectivity index (χ2n) is 7.17. The topological polar surface area (TPSA) is 106 Å². The number of aryl methyl sites for hydroxylation is 1. The lowest BCUT2D eigenvalue weighted by Gasteiger charge is -2.26. The molecule has 0 bridgehead atoms. The maximum absolute atomic E-state index is 13.3. The van der Waals surface area contributed by atoms with Crippen LogP contribution in [0.3, 0.4) is 0 Å². The number of nitrogens with two attached hydrogens (primary N) is 1. The summed E-state index contributed by atoms with van der Waals surface area (Å²) in [4.78, 5) is 48.7. The van der Waals surface area contributed by atoms with Gasteiger partial charge in [-0.2, -0.15) is 5.06 Å². The van der Waals surface area contributed by atoms with Crippen molar-refractivity contribution in [3.63, 3.8) is 0 Å². The van der Waals surface area contributed by atoms with Gasteiger partial charge in [0.1, 0.15) is 0 Å². The lowest BCUT2D eigenvalue weighted by atomic mass is 9.91. The molecule has 3 amide bonds. The molecule has 29 heavy (non-hydrogen) atoms. The number of primary amides is 1. The Morgan fingerprint density at radius 1 is 1.10 bits per heavy atom. The number of anilines is 1. The van der Waals surface area contributed by atoms with E-state index in [1.54, 1.807) is 36.7 Å². The molecular formula is C21H22N4O4. The third-order valence-corrected chi connectivity index (χ3v) is 5.42. The maximum Gasteiger partial charge on any atom is 0.265 e. The molecule has 0 spiro atoms. The smallest absolute Gasteiger partial charge is 0.265 e. The van der Waals surface area contributed by atoms with E-state index >= 15 is 0 Å². The number of nitrogens with zero attached hydrogens (tertiary/aromatic N) is 3. The molecule has 0 saturated carbocycles. The first kappa shape index (κ1) is 19.2. The predicted octanol–water partition coefficient (Wildman–Crippen LogP) is 1.37. The molecule has 3 atom stereocenters. The summed E-state index contributed by atoms with van der Waals surface area (Å²) >= 11 is 0. The standard InChI is InChI=1S/C21H22N4O4/c1-2-13-3-5-15(6-4-13)25-20(27)17-18(14-7-10-23-11-8-14)24(12-9-16(22)26)29-19(17)21(25)28/h3-8,10-11,17-19H,2,9,12H2,1H3,(H2,22,26). The van der Waals surface area contributed by atoms with Gasteiger partial charge in [-0.3, -0.25) is 24.2 Å². The average Bonchev–Trinajstić information content (AvgIpc) is 3.23. The van der Waals surface area contributed by atoms with Crippen molar-refractivity contribution < 1.29 is 19.2 Å². The van der Waals surface area contributed by atoms with E-state index in [-0.39, 0.29) is 18.9 Å². The van der Waals surface area contributed by atoms with Gasteiger partial charge in [0.05, 0.1) is 17.6 Å². The lowest BCUT2D eigenvalue weighted by molar-refractivity contribution is -0.173. The molecule has 2 aliphatic rings. The zero-order valence-electron chi connectivity index (χ0n) is 16.0. The number of amides is 3. The third-order valence-electron chi connectivity index (χ3n) is 5.42. The number of benzene rings is 1. The summed E-state index contributed by atoms with van der Waals surface area (Å²) in [6.07, 6.45) is 3.25. The van der Waals surface area contributed by atoms with Gasteiger partial charge in [0.15, 0.2) is 6.10 Å². The summed E-state index contributed by atoms with van der Waals surface area (Å²) < 4.78 is 0. The summed E-state index contributed by atoms with van der Waals surface area (Å²) in [6.45, 7) is 2.24. The van der Waals surface area contributed by atoms with Gasteiger partial charge in [0, 0.05) is 25.4 Å². The maximum atomic E-state index is 13.3. The van der Waals surface area contributed by atoms with Crippen molar-refractivity contribution in [2.45, 2.75) is 31.9 Å². The Balaban J connectivity index is 1.67. The fourth-order valence-corrected chi connectivity index (χ4v) is 3.95. The van der Waals surface area contributed by atoms with E-state index in [9.17, 15) is 14.4 Å². The Labute approximate surface area is 168 Å². The minimum atomic E-state index is -0.931. The SMILES string of the molecule is CCc1ccc(N2C(=O)C3ON(CCC(N)=O)C(c4ccncc4)C3C2=O)cc1. The van der Waals surface area contributed by atoms with Crippen LogP contribution in [0.5, 0.6) is 0 Å². The highest BCUT2D eigenvalue weighted by Gasteiger charge is 2.59. The van der Waals surface area contributed by atoms with Crippen LogP contribution in [0.1, 0.15) is 30.5 Å². The van der Waals surface area contributed by atoms with E-state index in [0.29, 0.717) is 5.69 Å². The third kappa shape index (κ3) is 3.41. The van der Waals surface area contributed by atoms with E-state index in [1.165, 1.54) is 9.96 Å². The molecule has 4 rings (SSSR count). The van der Waals surface area contributed by atoms with Crippen molar-refractivity contribution in [2.24, 2.45) is 11.7 Å². The molecule has 1 aromatic carbocycles. The number of pyridine rings is 1. The zero-order valence-corrected chi connectivity index (χ0v) is 16.0. The monoisotopic (exact) mass is 394 g/mol. The normalized spacial score (nSPS) is 24.2. The number of carbonyl (C=O) groups is 3. The Bertz CT molecular complexity index is 931. The molecule has 150 valence electrons. The van der Waals surface area contributed by atoms with Gasteiger partial charge in [0.25, 0.3) is 5.91 Å². The van der Waals surface area contributed by atoms with Crippen molar-refractivity contribution in [1.82, 2.24) is 10.0 Å². The number of hydrogen-bond donors (Lipinski definition) is 1. The van der Waals surface area contributed by atoms with E-state index < -0.39 is 29.9 Å². The largest absolute Gasteiger partial charge is 0.370 e. The van der Waals surface area contributed by atoms with Crippen molar-refractivity contribution in [1.29, 1.82) is 0 Å². The van der Waals surface area contributed by atoms with Crippen LogP contribution in [-0.4, -0.2) is 40.4 Å². The van der Waals surface area contributed by atoms with Gasteiger partial charge in [-0.15, -0.1) is 0 Å². The number of aromatic nitrogens is 1. The molecule has 8 nitrogen and oxygen atoms in total. The van der Waals surface area contributed by atoms with E-state index in [1.807, 2.05) is 19.1 Å². The quantitative estimate of drug-likeness (QED) is 0.742. The second-order valence-corrected chi connectivity index (χ2v) is 7.17. The van der Waals surface area contributed by atoms with E-state index in [2.05, 4.69) is 4.98 Å². The van der Waals surface area contributed by atoms with Gasteiger partial charge in [0.2, 0.25) is 11.8 Å². The number of carbonyl (C=O) groups excluding carboxylic acids is 3. The van der Waals surface area contributed by atoms with Gasteiger partial charge in [-0.25, -0.2) is 4.90 Å². The molecule has 3 heterocycles. The van der Waals surface area contributed by atoms with E-state index in [4.69, 9.17) is 10.6 Å². The highest BCUT2D eigenvalue weighted by molar-refractivity contribution is 6.23. The molecule has 8 heteroatoms. The molecule has 2 aliphatic heterocycles. The van der Waals surface area contributed by atoms with Crippen LogP contribution in [0, 0.1) is 5.92 Å². The van der Waals surface area contributed by atoms with Crippen LogP contribution in [0.15, 0.2) is 48.8 Å². The molecule has 3 unspecified atom stereocenters. The number of rotatable bonds is 6. The summed E-state index contributed by atoms with van der Waals surface area (Å²) in [5, 5.41) is 1.53. The van der Waals surface area contributed by atoms with Crippen LogP contribution in [0.2, 0.25) is 0 Å². The van der Waals surface area contributed by atoms with Crippen molar-refractivity contribution >= 4 is 23.4 Å². The van der Waals surface area contributed by atoms with Gasteiger partial charge in [-0.05, 0) is 41.8 Å². The first-order valence-electron chi connectivity index (χ1n) is 9.59. The lowest BCUT2D eigenvalue weighted by Crippen LogP contribution is -2.38. The Kier molecular flexibility index (Phi) is 5.12. The minimum Gasteiger partial charge on any atom is -0.370 e. The van der Waals surface area contributed by atoms with Gasteiger partial charge in [-0.1, -0.05) is 19.1 Å². The molecule has 0 aliphatic carbocycles. The average molecular weight is 394 g/mol. The van der Waals surface area contributed by atoms with Gasteiger partial charge < -0.3 is 5.73 Å². The van der Waals surface area contributed by atoms with Gasteiger partial charge >= 0.3 is 0 Å². The first-order chi connectivity index (χ1) is 14.0. The van der Waals surface area contributed by atoms with Crippen molar-refractivity contribution in [2.75, 3.05) is 11.4 Å². The van der Waals surface area contributed by atoms with Crippen molar-refractivity contribution in [3.05, 3.63) is 59.9 Å². The minimum absolute atomic E-state index is 0.0611. The number of hydroxylamine groups is 2. The summed E-state index contributed by atoms with van der Waals surface area (Å²) in [5.74, 6) is -1.89. The van der Waals surface area contributed by atoms with Crippen LogP contribution >= 0.6 is 0 Å². The molecule has 2 fully saturated rings. The summed E-state index contributed by atoms with van der Waals surface area (Å²) in [6, 6.07) is 10.4. The predicted molar refractivity (Wildman–Crippen MR) is 104 cm³/mol. The number of hydrogen-bond acceptors (Lipinski definition) is 6. The number of imide groups is 1.